The monoisotopic (exact) mass is 184 g/mol. The van der Waals surface area contributed by atoms with Gasteiger partial charge < -0.3 is 5.11 Å². The summed E-state index contributed by atoms with van der Waals surface area (Å²) in [4.78, 5) is 11.0. The topological polar surface area (TPSA) is 37.3 Å². The molecule has 0 saturated carbocycles. The molecule has 0 fully saturated rings. The Kier molecular flexibility index (Phi) is 2.81. The van der Waals surface area contributed by atoms with E-state index in [1.165, 1.54) is 6.92 Å². The second kappa shape index (κ2) is 3.51. The minimum Gasteiger partial charge on any atom is -0.388 e. The second-order valence-electron chi connectivity index (χ2n) is 3.09. The number of aliphatic hydroxyl groups excluding tert-OH is 1. The van der Waals surface area contributed by atoms with Crippen LogP contribution in [-0.4, -0.2) is 22.7 Å². The summed E-state index contributed by atoms with van der Waals surface area (Å²) in [5, 5.41) is 9.50. The van der Waals surface area contributed by atoms with Crippen LogP contribution in [0.15, 0.2) is 23.3 Å². The number of Topliss-reactive ketones (excluding diaryl/α,β-unsaturated/α-hetero) is 1. The maximum atomic E-state index is 11.0. The summed E-state index contributed by atoms with van der Waals surface area (Å²) in [7, 11) is 2.52. The quantitative estimate of drug-likeness (QED) is 0.619. The van der Waals surface area contributed by atoms with Crippen LogP contribution in [-0.2, 0) is 4.79 Å². The first kappa shape index (κ1) is 9.63. The van der Waals surface area contributed by atoms with Crippen molar-refractivity contribution in [2.75, 3.05) is 0 Å². The van der Waals surface area contributed by atoms with Crippen molar-refractivity contribution in [2.24, 2.45) is 0 Å². The molecule has 0 bridgehead atoms. The van der Waals surface area contributed by atoms with Crippen LogP contribution in [0.3, 0.4) is 0 Å². The highest BCUT2D eigenvalue weighted by atomic mass is 31.0. The van der Waals surface area contributed by atoms with E-state index in [4.69, 9.17) is 0 Å². The molecular weight excluding hydrogens is 171 g/mol. The number of rotatable bonds is 1. The first-order valence-corrected chi connectivity index (χ1v) is 4.53. The summed E-state index contributed by atoms with van der Waals surface area (Å²) in [5.74, 6) is 0.0497. The minimum atomic E-state index is -0.460. The standard InChI is InChI=1S/C9H13O2P/c1-5-3-7(6(2)10)4-8(12)9(5)11/h3-4,8-9,11H,12H2,1-2H3. The van der Waals surface area contributed by atoms with E-state index in [1.807, 2.05) is 6.92 Å². The van der Waals surface area contributed by atoms with Crippen LogP contribution in [0.5, 0.6) is 0 Å². The molecule has 0 aromatic heterocycles. The van der Waals surface area contributed by atoms with Gasteiger partial charge in [0.05, 0.1) is 6.10 Å². The van der Waals surface area contributed by atoms with E-state index in [2.05, 4.69) is 9.24 Å². The molecule has 0 spiro atoms. The number of hydrogen-bond donors (Lipinski definition) is 1. The largest absolute Gasteiger partial charge is 0.388 e. The molecule has 1 N–H and O–H groups in total. The maximum Gasteiger partial charge on any atom is 0.159 e. The molecule has 0 aromatic rings. The summed E-state index contributed by atoms with van der Waals surface area (Å²) in [6.07, 6.45) is 3.07. The molecule has 0 amide bonds. The lowest BCUT2D eigenvalue weighted by Gasteiger charge is -2.21. The van der Waals surface area contributed by atoms with Gasteiger partial charge in [-0.2, -0.15) is 0 Å². The van der Waals surface area contributed by atoms with Crippen molar-refractivity contribution in [1.82, 2.24) is 0 Å². The first-order chi connectivity index (χ1) is 5.52. The van der Waals surface area contributed by atoms with Crippen LogP contribution < -0.4 is 0 Å². The van der Waals surface area contributed by atoms with Crippen molar-refractivity contribution in [3.8, 4) is 0 Å². The summed E-state index contributed by atoms with van der Waals surface area (Å²) < 4.78 is 0. The fourth-order valence-corrected chi connectivity index (χ4v) is 1.71. The van der Waals surface area contributed by atoms with E-state index in [-0.39, 0.29) is 11.4 Å². The van der Waals surface area contributed by atoms with Gasteiger partial charge in [-0.25, -0.2) is 0 Å². The molecule has 0 saturated heterocycles. The molecule has 1 aliphatic carbocycles. The van der Waals surface area contributed by atoms with Gasteiger partial charge in [0.1, 0.15) is 0 Å². The number of allylic oxidation sites excluding steroid dienone is 2. The van der Waals surface area contributed by atoms with E-state index in [1.54, 1.807) is 12.2 Å². The van der Waals surface area contributed by atoms with Crippen molar-refractivity contribution in [2.45, 2.75) is 25.6 Å². The highest BCUT2D eigenvalue weighted by Gasteiger charge is 2.20. The van der Waals surface area contributed by atoms with Crippen LogP contribution in [0.25, 0.3) is 0 Å². The number of carbonyl (C=O) groups is 1. The number of carbonyl (C=O) groups excluding carboxylic acids is 1. The summed E-state index contributed by atoms with van der Waals surface area (Å²) in [5.41, 5.74) is 1.51. The Balaban J connectivity index is 2.95. The maximum absolute atomic E-state index is 11.0. The van der Waals surface area contributed by atoms with Crippen LogP contribution in [0, 0.1) is 0 Å². The van der Waals surface area contributed by atoms with Gasteiger partial charge in [0.2, 0.25) is 0 Å². The third-order valence-electron chi connectivity index (χ3n) is 1.99. The average molecular weight is 184 g/mol. The third kappa shape index (κ3) is 1.82. The molecule has 66 valence electrons. The Labute approximate surface area is 74.6 Å². The number of hydrogen-bond acceptors (Lipinski definition) is 2. The predicted octanol–water partition coefficient (Wildman–Crippen LogP) is 1.07. The Morgan fingerprint density at radius 1 is 1.67 bits per heavy atom. The van der Waals surface area contributed by atoms with Crippen molar-refractivity contribution < 1.29 is 9.90 Å². The molecule has 3 unspecified atom stereocenters. The summed E-state index contributed by atoms with van der Waals surface area (Å²) in [6.45, 7) is 3.36. The van der Waals surface area contributed by atoms with Gasteiger partial charge in [-0.15, -0.1) is 9.24 Å². The molecule has 1 aliphatic rings. The molecule has 2 nitrogen and oxygen atoms in total. The molecule has 1 rings (SSSR count). The summed E-state index contributed by atoms with van der Waals surface area (Å²) in [6, 6.07) is 0. The van der Waals surface area contributed by atoms with Gasteiger partial charge in [-0.3, -0.25) is 4.79 Å². The van der Waals surface area contributed by atoms with Crippen LogP contribution in [0.2, 0.25) is 0 Å². The van der Waals surface area contributed by atoms with Gasteiger partial charge in [0, 0.05) is 11.2 Å². The van der Waals surface area contributed by atoms with E-state index < -0.39 is 6.10 Å². The Morgan fingerprint density at radius 3 is 2.67 bits per heavy atom. The highest BCUT2D eigenvalue weighted by Crippen LogP contribution is 2.23. The fraction of sp³-hybridized carbons (Fsp3) is 0.444. The van der Waals surface area contributed by atoms with Crippen LogP contribution in [0.1, 0.15) is 13.8 Å². The molecule has 0 aliphatic heterocycles. The molecule has 3 atom stereocenters. The normalized spacial score (nSPS) is 29.3. The lowest BCUT2D eigenvalue weighted by molar-refractivity contribution is -0.113. The lowest BCUT2D eigenvalue weighted by atomic mass is 9.96. The van der Waals surface area contributed by atoms with E-state index in [9.17, 15) is 9.90 Å². The molecular formula is C9H13O2P. The van der Waals surface area contributed by atoms with E-state index in [0.717, 1.165) is 5.57 Å². The van der Waals surface area contributed by atoms with Crippen molar-refractivity contribution in [1.29, 1.82) is 0 Å². The second-order valence-corrected chi connectivity index (χ2v) is 3.86. The first-order valence-electron chi connectivity index (χ1n) is 3.87. The third-order valence-corrected chi connectivity index (χ3v) is 2.55. The van der Waals surface area contributed by atoms with E-state index in [0.29, 0.717) is 5.57 Å². The molecule has 0 aromatic carbocycles. The SMILES string of the molecule is CC(=O)C1=CC(P)C(O)C(C)=C1. The Hall–Kier alpha value is -0.460. The Morgan fingerprint density at radius 2 is 2.25 bits per heavy atom. The summed E-state index contributed by atoms with van der Waals surface area (Å²) >= 11 is 0. The highest BCUT2D eigenvalue weighted by molar-refractivity contribution is 7.18. The number of ketones is 1. The van der Waals surface area contributed by atoms with Gasteiger partial charge in [-0.05, 0) is 19.4 Å². The van der Waals surface area contributed by atoms with E-state index >= 15 is 0 Å². The van der Waals surface area contributed by atoms with Crippen molar-refractivity contribution in [3.05, 3.63) is 23.3 Å². The minimum absolute atomic E-state index is 0.0334. The molecule has 0 heterocycles. The zero-order chi connectivity index (χ0) is 9.30. The molecule has 3 heteroatoms. The lowest BCUT2D eigenvalue weighted by Crippen LogP contribution is -2.24. The van der Waals surface area contributed by atoms with Crippen molar-refractivity contribution >= 4 is 15.0 Å². The van der Waals surface area contributed by atoms with Gasteiger partial charge >= 0.3 is 0 Å². The van der Waals surface area contributed by atoms with Gasteiger partial charge in [0.25, 0.3) is 0 Å². The number of aliphatic hydroxyl groups is 1. The fourth-order valence-electron chi connectivity index (χ4n) is 1.20. The zero-order valence-corrected chi connectivity index (χ0v) is 8.40. The Bertz CT molecular complexity index is 266. The van der Waals surface area contributed by atoms with Gasteiger partial charge in [0.15, 0.2) is 5.78 Å². The average Bonchev–Trinajstić information content (AvgIpc) is 1.99. The smallest absolute Gasteiger partial charge is 0.159 e. The predicted molar refractivity (Wildman–Crippen MR) is 52.0 cm³/mol. The van der Waals surface area contributed by atoms with Crippen molar-refractivity contribution in [3.63, 3.8) is 0 Å². The van der Waals surface area contributed by atoms with Crippen LogP contribution in [0.4, 0.5) is 0 Å². The van der Waals surface area contributed by atoms with Crippen LogP contribution >= 0.6 is 9.24 Å². The molecule has 0 radical (unpaired) electrons. The molecule has 12 heavy (non-hydrogen) atoms. The van der Waals surface area contributed by atoms with Gasteiger partial charge in [-0.1, -0.05) is 12.2 Å². The zero-order valence-electron chi connectivity index (χ0n) is 7.24.